The Bertz CT molecular complexity index is 421. The van der Waals surface area contributed by atoms with Gasteiger partial charge in [0.25, 0.3) is 0 Å². The molecule has 22 heavy (non-hydrogen) atoms. The molecule has 0 bridgehead atoms. The van der Waals surface area contributed by atoms with Gasteiger partial charge in [0.2, 0.25) is 5.75 Å². The van der Waals surface area contributed by atoms with E-state index in [4.69, 9.17) is 14.2 Å². The maximum Gasteiger partial charge on any atom is 0.203 e. The van der Waals surface area contributed by atoms with Gasteiger partial charge in [-0.2, -0.15) is 0 Å². The first-order valence-corrected chi connectivity index (χ1v) is 7.80. The van der Waals surface area contributed by atoms with Crippen molar-refractivity contribution in [3.63, 3.8) is 0 Å². The van der Waals surface area contributed by atoms with Gasteiger partial charge in [-0.3, -0.25) is 0 Å². The minimum Gasteiger partial charge on any atom is -0.493 e. The van der Waals surface area contributed by atoms with E-state index in [1.54, 1.807) is 21.3 Å². The van der Waals surface area contributed by atoms with Crippen molar-refractivity contribution in [2.24, 2.45) is 0 Å². The van der Waals surface area contributed by atoms with Crippen molar-refractivity contribution in [2.75, 3.05) is 21.3 Å². The predicted molar refractivity (Wildman–Crippen MR) is 91.7 cm³/mol. The molecule has 2 rings (SSSR count). The summed E-state index contributed by atoms with van der Waals surface area (Å²) < 4.78 is 16.2. The molecule has 0 atom stereocenters. The lowest BCUT2D eigenvalue weighted by Gasteiger charge is -2.18. The average molecular weight is 330 g/mol. The monoisotopic (exact) mass is 329 g/mol. The molecule has 0 unspecified atom stereocenters. The molecule has 1 aromatic carbocycles. The van der Waals surface area contributed by atoms with E-state index in [0.717, 1.165) is 23.6 Å². The second-order valence-electron chi connectivity index (χ2n) is 5.60. The van der Waals surface area contributed by atoms with E-state index >= 15 is 0 Å². The molecule has 1 saturated carbocycles. The van der Waals surface area contributed by atoms with Crippen LogP contribution in [0.2, 0.25) is 0 Å². The molecule has 1 aliphatic carbocycles. The predicted octanol–water partition coefficient (Wildman–Crippen LogP) is 3.95. The standard InChI is InChI=1S/C17H27NO3.ClH/c1-19-15-10-13(11-16(20-2)17(15)21-3)12-18-14-8-6-4-5-7-9-14;/h10-11,14,18H,4-9,12H2,1-3H3;1H. The number of benzene rings is 1. The van der Waals surface area contributed by atoms with E-state index in [-0.39, 0.29) is 12.4 Å². The summed E-state index contributed by atoms with van der Waals surface area (Å²) in [4.78, 5) is 0. The lowest BCUT2D eigenvalue weighted by Crippen LogP contribution is -2.27. The van der Waals surface area contributed by atoms with Gasteiger partial charge in [-0.05, 0) is 30.5 Å². The van der Waals surface area contributed by atoms with E-state index in [1.807, 2.05) is 12.1 Å². The lowest BCUT2D eigenvalue weighted by atomic mass is 10.1. The molecule has 1 N–H and O–H groups in total. The third kappa shape index (κ3) is 4.96. The molecule has 0 amide bonds. The Morgan fingerprint density at radius 3 is 1.91 bits per heavy atom. The van der Waals surface area contributed by atoms with Crippen LogP contribution >= 0.6 is 12.4 Å². The van der Waals surface area contributed by atoms with Gasteiger partial charge < -0.3 is 19.5 Å². The summed E-state index contributed by atoms with van der Waals surface area (Å²) in [7, 11) is 4.93. The fourth-order valence-electron chi connectivity index (χ4n) is 2.98. The fourth-order valence-corrected chi connectivity index (χ4v) is 2.98. The highest BCUT2D eigenvalue weighted by atomic mass is 35.5. The number of rotatable bonds is 6. The van der Waals surface area contributed by atoms with Crippen LogP contribution in [-0.4, -0.2) is 27.4 Å². The first-order valence-electron chi connectivity index (χ1n) is 7.80. The molecule has 1 aliphatic rings. The van der Waals surface area contributed by atoms with Crippen LogP contribution in [0.1, 0.15) is 44.1 Å². The van der Waals surface area contributed by atoms with Crippen molar-refractivity contribution < 1.29 is 14.2 Å². The molecule has 0 saturated heterocycles. The zero-order valence-corrected chi connectivity index (χ0v) is 14.6. The second-order valence-corrected chi connectivity index (χ2v) is 5.60. The Morgan fingerprint density at radius 2 is 1.45 bits per heavy atom. The van der Waals surface area contributed by atoms with Crippen LogP contribution in [0.15, 0.2) is 12.1 Å². The Morgan fingerprint density at radius 1 is 0.909 bits per heavy atom. The minimum absolute atomic E-state index is 0. The SMILES string of the molecule is COc1cc(CNC2CCCCCC2)cc(OC)c1OC.Cl. The Kier molecular flexibility index (Phi) is 8.43. The molecule has 1 fully saturated rings. The number of methoxy groups -OCH3 is 3. The zero-order chi connectivity index (χ0) is 15.1. The van der Waals surface area contributed by atoms with Crippen molar-refractivity contribution in [2.45, 2.75) is 51.1 Å². The van der Waals surface area contributed by atoms with Crippen LogP contribution in [0, 0.1) is 0 Å². The molecular weight excluding hydrogens is 302 g/mol. The summed E-state index contributed by atoms with van der Waals surface area (Å²) in [5.41, 5.74) is 1.16. The molecule has 1 aromatic rings. The van der Waals surface area contributed by atoms with Gasteiger partial charge in [-0.1, -0.05) is 25.7 Å². The van der Waals surface area contributed by atoms with Gasteiger partial charge in [-0.25, -0.2) is 0 Å². The fraction of sp³-hybridized carbons (Fsp3) is 0.647. The van der Waals surface area contributed by atoms with Gasteiger partial charge >= 0.3 is 0 Å². The molecule has 4 nitrogen and oxygen atoms in total. The quantitative estimate of drug-likeness (QED) is 0.802. The molecule has 0 spiro atoms. The maximum atomic E-state index is 5.40. The molecule has 126 valence electrons. The van der Waals surface area contributed by atoms with Crippen LogP contribution in [0.5, 0.6) is 17.2 Å². The normalized spacial score (nSPS) is 15.6. The summed E-state index contributed by atoms with van der Waals surface area (Å²) in [5, 5.41) is 3.67. The summed E-state index contributed by atoms with van der Waals surface area (Å²) in [6.45, 7) is 0.835. The molecule has 0 radical (unpaired) electrons. The highest BCUT2D eigenvalue weighted by Crippen LogP contribution is 2.38. The molecule has 0 heterocycles. The first kappa shape index (κ1) is 18.9. The molecule has 0 aromatic heterocycles. The van der Waals surface area contributed by atoms with E-state index in [1.165, 1.54) is 38.5 Å². The van der Waals surface area contributed by atoms with Gasteiger partial charge in [0, 0.05) is 12.6 Å². The maximum absolute atomic E-state index is 5.40. The van der Waals surface area contributed by atoms with Crippen molar-refractivity contribution >= 4 is 12.4 Å². The molecular formula is C17H28ClNO3. The zero-order valence-electron chi connectivity index (χ0n) is 13.8. The Labute approximate surface area is 139 Å². The smallest absolute Gasteiger partial charge is 0.203 e. The van der Waals surface area contributed by atoms with Crippen molar-refractivity contribution in [1.82, 2.24) is 5.32 Å². The molecule has 0 aliphatic heterocycles. The van der Waals surface area contributed by atoms with Crippen LogP contribution in [0.25, 0.3) is 0 Å². The Balaban J connectivity index is 0.00000242. The van der Waals surface area contributed by atoms with E-state index in [0.29, 0.717) is 11.8 Å². The second kappa shape index (κ2) is 9.80. The summed E-state index contributed by atoms with van der Waals surface area (Å²) in [5.74, 6) is 2.09. The van der Waals surface area contributed by atoms with E-state index in [2.05, 4.69) is 5.32 Å². The van der Waals surface area contributed by atoms with E-state index in [9.17, 15) is 0 Å². The average Bonchev–Trinajstić information content (AvgIpc) is 2.80. The van der Waals surface area contributed by atoms with Crippen molar-refractivity contribution in [1.29, 1.82) is 0 Å². The largest absolute Gasteiger partial charge is 0.493 e. The van der Waals surface area contributed by atoms with Crippen molar-refractivity contribution in [3.8, 4) is 17.2 Å². The highest BCUT2D eigenvalue weighted by molar-refractivity contribution is 5.85. The van der Waals surface area contributed by atoms with Gasteiger partial charge in [-0.15, -0.1) is 12.4 Å². The van der Waals surface area contributed by atoms with Gasteiger partial charge in [0.15, 0.2) is 11.5 Å². The summed E-state index contributed by atoms with van der Waals surface area (Å²) in [6.07, 6.45) is 8.00. The summed E-state index contributed by atoms with van der Waals surface area (Å²) in [6, 6.07) is 4.67. The van der Waals surface area contributed by atoms with Crippen LogP contribution in [0.4, 0.5) is 0 Å². The Hall–Kier alpha value is -1.13. The van der Waals surface area contributed by atoms with Crippen LogP contribution in [0.3, 0.4) is 0 Å². The first-order chi connectivity index (χ1) is 10.3. The number of hydrogen-bond donors (Lipinski definition) is 1. The van der Waals surface area contributed by atoms with Crippen LogP contribution < -0.4 is 19.5 Å². The number of halogens is 1. The van der Waals surface area contributed by atoms with Gasteiger partial charge in [0.05, 0.1) is 21.3 Å². The topological polar surface area (TPSA) is 39.7 Å². The number of nitrogens with one attached hydrogen (secondary N) is 1. The van der Waals surface area contributed by atoms with Gasteiger partial charge in [0.1, 0.15) is 0 Å². The van der Waals surface area contributed by atoms with E-state index < -0.39 is 0 Å². The number of ether oxygens (including phenoxy) is 3. The third-order valence-electron chi connectivity index (χ3n) is 4.17. The number of hydrogen-bond acceptors (Lipinski definition) is 4. The lowest BCUT2D eigenvalue weighted by molar-refractivity contribution is 0.323. The van der Waals surface area contributed by atoms with Crippen molar-refractivity contribution in [3.05, 3.63) is 17.7 Å². The highest BCUT2D eigenvalue weighted by Gasteiger charge is 2.15. The van der Waals surface area contributed by atoms with Crippen LogP contribution in [-0.2, 0) is 6.54 Å². The molecule has 5 heteroatoms. The minimum atomic E-state index is 0. The third-order valence-corrected chi connectivity index (χ3v) is 4.17. The summed E-state index contributed by atoms with van der Waals surface area (Å²) >= 11 is 0.